The standard InChI is InChI=1S/C10H16/c1-5-7(3)10-8(4)9(10)6-2/h5,8-10H,1,3,6H2,2,4H3. The summed E-state index contributed by atoms with van der Waals surface area (Å²) < 4.78 is 0. The highest BCUT2D eigenvalue weighted by Crippen LogP contribution is 2.52. The third kappa shape index (κ3) is 1.03. The molecule has 1 fully saturated rings. The number of allylic oxidation sites excluding steroid dienone is 2. The summed E-state index contributed by atoms with van der Waals surface area (Å²) in [5.41, 5.74) is 1.24. The van der Waals surface area contributed by atoms with Gasteiger partial charge in [-0.25, -0.2) is 0 Å². The lowest BCUT2D eigenvalue weighted by molar-refractivity contribution is 0.714. The molecule has 10 heavy (non-hydrogen) atoms. The Bertz CT molecular complexity index is 155. The molecule has 1 aliphatic carbocycles. The minimum Gasteiger partial charge on any atom is -0.0988 e. The van der Waals surface area contributed by atoms with Crippen LogP contribution >= 0.6 is 0 Å². The summed E-state index contributed by atoms with van der Waals surface area (Å²) in [5.74, 6) is 2.50. The Morgan fingerprint density at radius 1 is 1.60 bits per heavy atom. The van der Waals surface area contributed by atoms with E-state index in [4.69, 9.17) is 0 Å². The number of hydrogen-bond donors (Lipinski definition) is 0. The van der Waals surface area contributed by atoms with E-state index in [-0.39, 0.29) is 0 Å². The molecule has 0 heteroatoms. The van der Waals surface area contributed by atoms with Gasteiger partial charge in [0.25, 0.3) is 0 Å². The van der Waals surface area contributed by atoms with Crippen LogP contribution in [0.15, 0.2) is 24.8 Å². The fourth-order valence-corrected chi connectivity index (χ4v) is 1.92. The number of rotatable bonds is 3. The van der Waals surface area contributed by atoms with E-state index in [0.29, 0.717) is 0 Å². The second-order valence-corrected chi connectivity index (χ2v) is 3.24. The summed E-state index contributed by atoms with van der Waals surface area (Å²) in [6.45, 7) is 12.2. The maximum absolute atomic E-state index is 3.97. The molecule has 0 radical (unpaired) electrons. The zero-order valence-electron chi connectivity index (χ0n) is 6.93. The summed E-state index contributed by atoms with van der Waals surface area (Å²) in [6.07, 6.45) is 3.19. The molecule has 0 heterocycles. The largest absolute Gasteiger partial charge is 0.0988 e. The molecule has 3 atom stereocenters. The Morgan fingerprint density at radius 3 is 2.50 bits per heavy atom. The van der Waals surface area contributed by atoms with Gasteiger partial charge in [-0.1, -0.05) is 45.1 Å². The van der Waals surface area contributed by atoms with Crippen LogP contribution in [0.25, 0.3) is 0 Å². The van der Waals surface area contributed by atoms with E-state index in [1.165, 1.54) is 12.0 Å². The van der Waals surface area contributed by atoms with Crippen molar-refractivity contribution in [1.29, 1.82) is 0 Å². The normalized spacial score (nSPS) is 37.2. The van der Waals surface area contributed by atoms with Crippen molar-refractivity contribution in [2.45, 2.75) is 20.3 Å². The van der Waals surface area contributed by atoms with Gasteiger partial charge in [0, 0.05) is 0 Å². The van der Waals surface area contributed by atoms with Crippen LogP contribution < -0.4 is 0 Å². The van der Waals surface area contributed by atoms with E-state index in [2.05, 4.69) is 27.0 Å². The summed E-state index contributed by atoms with van der Waals surface area (Å²) in [6, 6.07) is 0. The Morgan fingerprint density at radius 2 is 2.20 bits per heavy atom. The van der Waals surface area contributed by atoms with E-state index >= 15 is 0 Å². The molecular weight excluding hydrogens is 120 g/mol. The van der Waals surface area contributed by atoms with E-state index in [9.17, 15) is 0 Å². The molecule has 0 bridgehead atoms. The van der Waals surface area contributed by atoms with Gasteiger partial charge in [-0.3, -0.25) is 0 Å². The smallest absolute Gasteiger partial charge is 0.0108 e. The monoisotopic (exact) mass is 136 g/mol. The third-order valence-corrected chi connectivity index (χ3v) is 2.72. The number of hydrogen-bond acceptors (Lipinski definition) is 0. The van der Waals surface area contributed by atoms with Gasteiger partial charge in [0.1, 0.15) is 0 Å². The minimum absolute atomic E-state index is 0.752. The zero-order valence-corrected chi connectivity index (χ0v) is 6.93. The van der Waals surface area contributed by atoms with Crippen LogP contribution in [-0.2, 0) is 0 Å². The molecule has 0 spiro atoms. The van der Waals surface area contributed by atoms with Crippen LogP contribution in [0.3, 0.4) is 0 Å². The predicted molar refractivity (Wildman–Crippen MR) is 45.8 cm³/mol. The van der Waals surface area contributed by atoms with Crippen molar-refractivity contribution in [2.75, 3.05) is 0 Å². The van der Waals surface area contributed by atoms with Crippen LogP contribution in [0.1, 0.15) is 20.3 Å². The van der Waals surface area contributed by atoms with Crippen molar-refractivity contribution in [3.63, 3.8) is 0 Å². The molecule has 1 rings (SSSR count). The topological polar surface area (TPSA) is 0 Å². The molecule has 0 aliphatic heterocycles. The first kappa shape index (κ1) is 7.59. The van der Waals surface area contributed by atoms with Crippen molar-refractivity contribution < 1.29 is 0 Å². The fourth-order valence-electron chi connectivity index (χ4n) is 1.92. The van der Waals surface area contributed by atoms with Crippen LogP contribution in [0.5, 0.6) is 0 Å². The highest BCUT2D eigenvalue weighted by atomic mass is 14.5. The summed E-state index contributed by atoms with van der Waals surface area (Å²) >= 11 is 0. The highest BCUT2D eigenvalue weighted by molar-refractivity contribution is 5.24. The average molecular weight is 136 g/mol. The molecule has 1 saturated carbocycles. The molecule has 56 valence electrons. The molecular formula is C10H16. The Labute approximate surface area is 63.6 Å². The van der Waals surface area contributed by atoms with E-state index in [0.717, 1.165) is 17.8 Å². The highest BCUT2D eigenvalue weighted by Gasteiger charge is 2.45. The van der Waals surface area contributed by atoms with E-state index in [1.807, 2.05) is 6.08 Å². The van der Waals surface area contributed by atoms with Crippen LogP contribution in [0.2, 0.25) is 0 Å². The van der Waals surface area contributed by atoms with Crippen LogP contribution in [0.4, 0.5) is 0 Å². The molecule has 0 aromatic rings. The van der Waals surface area contributed by atoms with Crippen molar-refractivity contribution in [2.24, 2.45) is 17.8 Å². The molecule has 0 amide bonds. The van der Waals surface area contributed by atoms with E-state index in [1.54, 1.807) is 0 Å². The van der Waals surface area contributed by atoms with Crippen molar-refractivity contribution in [3.05, 3.63) is 24.8 Å². The average Bonchev–Trinajstić information content (AvgIpc) is 2.59. The van der Waals surface area contributed by atoms with Crippen molar-refractivity contribution in [3.8, 4) is 0 Å². The van der Waals surface area contributed by atoms with Gasteiger partial charge < -0.3 is 0 Å². The van der Waals surface area contributed by atoms with Crippen molar-refractivity contribution in [1.82, 2.24) is 0 Å². The summed E-state index contributed by atoms with van der Waals surface area (Å²) in [4.78, 5) is 0. The van der Waals surface area contributed by atoms with Crippen LogP contribution in [-0.4, -0.2) is 0 Å². The second-order valence-electron chi connectivity index (χ2n) is 3.24. The molecule has 0 aromatic carbocycles. The van der Waals surface area contributed by atoms with E-state index < -0.39 is 0 Å². The summed E-state index contributed by atoms with van der Waals surface area (Å²) in [5, 5.41) is 0. The Balaban J connectivity index is 2.47. The van der Waals surface area contributed by atoms with Gasteiger partial charge in [0.05, 0.1) is 0 Å². The molecule has 0 aromatic heterocycles. The SMILES string of the molecule is C=CC(=C)C1C(C)C1CC. The first-order valence-corrected chi connectivity index (χ1v) is 4.03. The first-order valence-electron chi connectivity index (χ1n) is 4.03. The second kappa shape index (κ2) is 2.61. The van der Waals surface area contributed by atoms with Crippen molar-refractivity contribution >= 4 is 0 Å². The first-order chi connectivity index (χ1) is 4.72. The molecule has 1 aliphatic rings. The maximum atomic E-state index is 3.97. The van der Waals surface area contributed by atoms with Gasteiger partial charge in [-0.05, 0) is 17.8 Å². The van der Waals surface area contributed by atoms with Gasteiger partial charge in [0.2, 0.25) is 0 Å². The Hall–Kier alpha value is -0.520. The lowest BCUT2D eigenvalue weighted by Crippen LogP contribution is -1.81. The van der Waals surface area contributed by atoms with Crippen LogP contribution in [0, 0.1) is 17.8 Å². The molecule has 0 saturated heterocycles. The maximum Gasteiger partial charge on any atom is -0.0108 e. The lowest BCUT2D eigenvalue weighted by Gasteiger charge is -1.93. The third-order valence-electron chi connectivity index (χ3n) is 2.72. The Kier molecular flexibility index (Phi) is 1.98. The fraction of sp³-hybridized carbons (Fsp3) is 0.600. The molecule has 0 N–H and O–H groups in total. The lowest BCUT2D eigenvalue weighted by atomic mass is 10.1. The minimum atomic E-state index is 0.752. The molecule has 0 nitrogen and oxygen atoms in total. The van der Waals surface area contributed by atoms with Gasteiger partial charge >= 0.3 is 0 Å². The van der Waals surface area contributed by atoms with Gasteiger partial charge in [0.15, 0.2) is 0 Å². The molecule has 3 unspecified atom stereocenters. The zero-order chi connectivity index (χ0) is 7.72. The quantitative estimate of drug-likeness (QED) is 0.523. The predicted octanol–water partition coefficient (Wildman–Crippen LogP) is 3.02. The van der Waals surface area contributed by atoms with Gasteiger partial charge in [-0.2, -0.15) is 0 Å². The summed E-state index contributed by atoms with van der Waals surface area (Å²) in [7, 11) is 0. The van der Waals surface area contributed by atoms with Gasteiger partial charge in [-0.15, -0.1) is 0 Å².